The molecular formula is C24H22N6O2. The second-order valence-corrected chi connectivity index (χ2v) is 7.85. The van der Waals surface area contributed by atoms with Gasteiger partial charge in [0.05, 0.1) is 20.0 Å². The second-order valence-electron chi connectivity index (χ2n) is 7.85. The van der Waals surface area contributed by atoms with Crippen molar-refractivity contribution >= 4 is 23.9 Å². The van der Waals surface area contributed by atoms with Crippen LogP contribution >= 0.6 is 0 Å². The van der Waals surface area contributed by atoms with Crippen LogP contribution in [0.1, 0.15) is 34.5 Å². The average Bonchev–Trinajstić information content (AvgIpc) is 3.62. The van der Waals surface area contributed by atoms with Gasteiger partial charge in [-0.3, -0.25) is 20.5 Å². The number of amidine groups is 1. The van der Waals surface area contributed by atoms with E-state index in [-0.39, 0.29) is 17.8 Å². The van der Waals surface area contributed by atoms with Crippen molar-refractivity contribution in [1.29, 1.82) is 10.8 Å². The van der Waals surface area contributed by atoms with E-state index in [4.69, 9.17) is 15.6 Å². The molecule has 5 rings (SSSR count). The van der Waals surface area contributed by atoms with Crippen LogP contribution in [-0.2, 0) is 6.54 Å². The number of methoxy groups -OCH3 is 1. The van der Waals surface area contributed by atoms with Gasteiger partial charge < -0.3 is 9.64 Å². The highest BCUT2D eigenvalue weighted by atomic mass is 16.5. The van der Waals surface area contributed by atoms with Crippen molar-refractivity contribution < 1.29 is 9.53 Å². The molecule has 160 valence electrons. The first-order chi connectivity index (χ1) is 15.6. The van der Waals surface area contributed by atoms with Crippen LogP contribution in [0.5, 0.6) is 5.88 Å². The van der Waals surface area contributed by atoms with Crippen molar-refractivity contribution in [3.05, 3.63) is 71.5 Å². The molecule has 0 spiro atoms. The Kier molecular flexibility index (Phi) is 4.89. The van der Waals surface area contributed by atoms with Crippen LogP contribution in [0.4, 0.5) is 5.82 Å². The zero-order valence-electron chi connectivity index (χ0n) is 17.6. The summed E-state index contributed by atoms with van der Waals surface area (Å²) >= 11 is 0. The first-order valence-corrected chi connectivity index (χ1v) is 10.4. The van der Waals surface area contributed by atoms with E-state index in [9.17, 15) is 4.79 Å². The molecule has 1 aromatic carbocycles. The van der Waals surface area contributed by atoms with Gasteiger partial charge in [-0.05, 0) is 48.2 Å². The van der Waals surface area contributed by atoms with Gasteiger partial charge in [0.25, 0.3) is 5.91 Å². The topological polar surface area (TPSA) is 106 Å². The van der Waals surface area contributed by atoms with Crippen LogP contribution in [0, 0.1) is 10.8 Å². The number of carbonyl (C=O) groups excluding carboxylic acids is 1. The number of rotatable bonds is 6. The van der Waals surface area contributed by atoms with Gasteiger partial charge in [-0.1, -0.05) is 18.2 Å². The number of pyridine rings is 2. The molecule has 0 radical (unpaired) electrons. The van der Waals surface area contributed by atoms with Crippen molar-refractivity contribution in [3.8, 4) is 17.0 Å². The number of fused-ring (bicyclic) bond motifs is 1. The molecule has 1 amide bonds. The van der Waals surface area contributed by atoms with Gasteiger partial charge in [0, 0.05) is 29.4 Å². The summed E-state index contributed by atoms with van der Waals surface area (Å²) in [7, 11) is 1.57. The number of nitrogens with zero attached hydrogens (tertiary/aromatic N) is 4. The van der Waals surface area contributed by atoms with E-state index in [0.717, 1.165) is 29.5 Å². The number of anilines is 1. The monoisotopic (exact) mass is 426 g/mol. The number of hydrogen-bond acceptors (Lipinski definition) is 6. The molecule has 2 aliphatic rings. The summed E-state index contributed by atoms with van der Waals surface area (Å²) in [6.07, 6.45) is 4.86. The minimum atomic E-state index is -0.120. The highest BCUT2D eigenvalue weighted by molar-refractivity contribution is 6.10. The molecule has 1 fully saturated rings. The van der Waals surface area contributed by atoms with Crippen LogP contribution < -0.4 is 9.64 Å². The largest absolute Gasteiger partial charge is 0.481 e. The Bertz CT molecular complexity index is 1220. The number of carbonyl (C=O) groups is 1. The maximum atomic E-state index is 13.2. The summed E-state index contributed by atoms with van der Waals surface area (Å²) < 4.78 is 5.11. The molecule has 2 N–H and O–H groups in total. The molecule has 8 nitrogen and oxygen atoms in total. The van der Waals surface area contributed by atoms with Crippen LogP contribution in [0.2, 0.25) is 0 Å². The van der Waals surface area contributed by atoms with Gasteiger partial charge in [0.1, 0.15) is 11.5 Å². The Labute approximate surface area is 185 Å². The molecule has 3 heterocycles. The molecule has 8 heteroatoms. The smallest absolute Gasteiger partial charge is 0.260 e. The lowest BCUT2D eigenvalue weighted by molar-refractivity contribution is 0.0996. The van der Waals surface area contributed by atoms with Crippen molar-refractivity contribution in [1.82, 2.24) is 14.9 Å². The summed E-state index contributed by atoms with van der Waals surface area (Å²) in [6, 6.07) is 15.1. The summed E-state index contributed by atoms with van der Waals surface area (Å²) in [5, 5.41) is 16.1. The standard InChI is InChI=1S/C24H22N6O2/c1-32-22-10-7-16(12-27-22)15-5-6-17-13-29(24(31)19(17)11-15)21-4-2-3-20(28-21)23(26)30(14-25)18-8-9-18/h2-7,10-12,14,18,25-26H,8-9,13H2,1H3. The molecular weight excluding hydrogens is 404 g/mol. The molecule has 1 aliphatic heterocycles. The van der Waals surface area contributed by atoms with Gasteiger partial charge in [0.2, 0.25) is 5.88 Å². The lowest BCUT2D eigenvalue weighted by Crippen LogP contribution is -2.32. The molecule has 2 aromatic heterocycles. The Balaban J connectivity index is 1.41. The molecule has 1 aliphatic carbocycles. The number of aromatic nitrogens is 2. The fourth-order valence-corrected chi connectivity index (χ4v) is 3.88. The number of nitrogens with one attached hydrogen (secondary N) is 2. The molecule has 1 saturated carbocycles. The first-order valence-electron chi connectivity index (χ1n) is 10.4. The zero-order chi connectivity index (χ0) is 22.2. The predicted octanol–water partition coefficient (Wildman–Crippen LogP) is 3.71. The third-order valence-corrected chi connectivity index (χ3v) is 5.78. The van der Waals surface area contributed by atoms with Gasteiger partial charge in [-0.25, -0.2) is 9.97 Å². The minimum Gasteiger partial charge on any atom is -0.481 e. The molecule has 0 saturated heterocycles. The van der Waals surface area contributed by atoms with E-state index < -0.39 is 0 Å². The van der Waals surface area contributed by atoms with Gasteiger partial charge >= 0.3 is 0 Å². The fourth-order valence-electron chi connectivity index (χ4n) is 3.88. The number of ether oxygens (including phenoxy) is 1. The van der Waals surface area contributed by atoms with Gasteiger partial charge in [-0.2, -0.15) is 0 Å². The van der Waals surface area contributed by atoms with Crippen LogP contribution in [0.3, 0.4) is 0 Å². The Morgan fingerprint density at radius 1 is 1.19 bits per heavy atom. The van der Waals surface area contributed by atoms with E-state index >= 15 is 0 Å². The number of benzene rings is 1. The Hall–Kier alpha value is -4.07. The van der Waals surface area contributed by atoms with Gasteiger partial charge in [-0.15, -0.1) is 0 Å². The van der Waals surface area contributed by atoms with Crippen LogP contribution in [0.25, 0.3) is 11.1 Å². The summed E-state index contributed by atoms with van der Waals surface area (Å²) in [5.41, 5.74) is 3.83. The van der Waals surface area contributed by atoms with Crippen molar-refractivity contribution in [2.75, 3.05) is 12.0 Å². The average molecular weight is 426 g/mol. The summed E-state index contributed by atoms with van der Waals surface area (Å²) in [4.78, 5) is 25.3. The third kappa shape index (κ3) is 3.49. The lowest BCUT2D eigenvalue weighted by Gasteiger charge is -2.20. The molecule has 3 aromatic rings. The third-order valence-electron chi connectivity index (χ3n) is 5.78. The van der Waals surface area contributed by atoms with E-state index in [0.29, 0.717) is 29.5 Å². The molecule has 0 atom stereocenters. The van der Waals surface area contributed by atoms with Gasteiger partial charge in [0.15, 0.2) is 5.84 Å². The van der Waals surface area contributed by atoms with Crippen molar-refractivity contribution in [3.63, 3.8) is 0 Å². The quantitative estimate of drug-likeness (QED) is 0.462. The van der Waals surface area contributed by atoms with E-state index in [1.165, 1.54) is 6.34 Å². The number of amides is 1. The first kappa shape index (κ1) is 19.9. The lowest BCUT2D eigenvalue weighted by atomic mass is 10.0. The number of hydrogen-bond donors (Lipinski definition) is 2. The Morgan fingerprint density at radius 2 is 2.00 bits per heavy atom. The van der Waals surface area contributed by atoms with E-state index in [1.807, 2.05) is 24.3 Å². The minimum absolute atomic E-state index is 0.120. The normalized spacial score (nSPS) is 14.8. The van der Waals surface area contributed by atoms with E-state index in [1.54, 1.807) is 47.4 Å². The molecule has 32 heavy (non-hydrogen) atoms. The van der Waals surface area contributed by atoms with E-state index in [2.05, 4.69) is 9.97 Å². The second kappa shape index (κ2) is 7.88. The summed E-state index contributed by atoms with van der Waals surface area (Å²) in [5.74, 6) is 1.10. The van der Waals surface area contributed by atoms with Crippen molar-refractivity contribution in [2.45, 2.75) is 25.4 Å². The van der Waals surface area contributed by atoms with Crippen LogP contribution in [0.15, 0.2) is 54.7 Å². The predicted molar refractivity (Wildman–Crippen MR) is 121 cm³/mol. The Morgan fingerprint density at radius 3 is 2.69 bits per heavy atom. The maximum Gasteiger partial charge on any atom is 0.260 e. The highest BCUT2D eigenvalue weighted by Crippen LogP contribution is 2.32. The van der Waals surface area contributed by atoms with Crippen LogP contribution in [-0.4, -0.2) is 46.1 Å². The molecule has 0 bridgehead atoms. The highest BCUT2D eigenvalue weighted by Gasteiger charge is 2.32. The maximum absolute atomic E-state index is 13.2. The van der Waals surface area contributed by atoms with Crippen molar-refractivity contribution in [2.24, 2.45) is 0 Å². The summed E-state index contributed by atoms with van der Waals surface area (Å²) in [6.45, 7) is 0.427. The SMILES string of the molecule is COc1ccc(-c2ccc3c(c2)C(=O)N(c2cccc(C(=N)N(C=N)C4CC4)n2)C3)cn1. The zero-order valence-corrected chi connectivity index (χ0v) is 17.6. The fraction of sp³-hybridized carbons (Fsp3) is 0.208. The molecule has 0 unspecified atom stereocenters.